The van der Waals surface area contributed by atoms with E-state index in [0.29, 0.717) is 28.6 Å². The van der Waals surface area contributed by atoms with Crippen LogP contribution in [-0.4, -0.2) is 26.8 Å². The van der Waals surface area contributed by atoms with Crippen molar-refractivity contribution in [2.24, 2.45) is 0 Å². The molecular formula is C27H26N2O4S. The topological polar surface area (TPSA) is 68.7 Å². The molecule has 0 aliphatic heterocycles. The first-order chi connectivity index (χ1) is 16.3. The van der Waals surface area contributed by atoms with Crippen molar-refractivity contribution in [3.05, 3.63) is 102 Å². The lowest BCUT2D eigenvalue weighted by Gasteiger charge is -2.23. The second-order valence-electron chi connectivity index (χ2n) is 7.94. The SMILES string of the molecule is COc1ncc(-c2ccccc2)cc1CN(c1ccc(Oc2ccc(C)cc2)cc1)S(C)(=O)=O. The summed E-state index contributed by atoms with van der Waals surface area (Å²) in [5.41, 5.74) is 4.20. The number of pyridine rings is 1. The first kappa shape index (κ1) is 23.3. The fourth-order valence-corrected chi connectivity index (χ4v) is 4.44. The second kappa shape index (κ2) is 9.97. The molecule has 0 N–H and O–H groups in total. The standard InChI is InChI=1S/C27H26N2O4S/c1-20-9-13-25(14-10-20)33-26-15-11-24(12-16-26)29(34(3,30)31)19-23-17-22(18-28-27(23)32-2)21-7-5-4-6-8-21/h4-18H,19H2,1-3H3. The summed E-state index contributed by atoms with van der Waals surface area (Å²) in [6.45, 7) is 2.09. The summed E-state index contributed by atoms with van der Waals surface area (Å²) in [5.74, 6) is 1.71. The highest BCUT2D eigenvalue weighted by molar-refractivity contribution is 7.92. The molecule has 0 saturated carbocycles. The maximum atomic E-state index is 12.7. The maximum absolute atomic E-state index is 12.7. The summed E-state index contributed by atoms with van der Waals surface area (Å²) in [6.07, 6.45) is 2.91. The van der Waals surface area contributed by atoms with Gasteiger partial charge in [0.15, 0.2) is 0 Å². The van der Waals surface area contributed by atoms with Gasteiger partial charge in [-0.1, -0.05) is 48.0 Å². The van der Waals surface area contributed by atoms with Crippen LogP contribution in [0.5, 0.6) is 17.4 Å². The largest absolute Gasteiger partial charge is 0.481 e. The van der Waals surface area contributed by atoms with Gasteiger partial charge >= 0.3 is 0 Å². The molecule has 1 heterocycles. The number of aryl methyl sites for hydroxylation is 1. The third kappa shape index (κ3) is 5.55. The Balaban J connectivity index is 1.62. The molecule has 0 saturated heterocycles. The lowest BCUT2D eigenvalue weighted by atomic mass is 10.1. The van der Waals surface area contributed by atoms with Crippen LogP contribution in [0.25, 0.3) is 11.1 Å². The average Bonchev–Trinajstić information content (AvgIpc) is 2.84. The van der Waals surface area contributed by atoms with E-state index in [9.17, 15) is 8.42 Å². The zero-order chi connectivity index (χ0) is 24.1. The molecule has 0 amide bonds. The lowest BCUT2D eigenvalue weighted by Crippen LogP contribution is -2.29. The van der Waals surface area contributed by atoms with Crippen molar-refractivity contribution < 1.29 is 17.9 Å². The zero-order valence-electron chi connectivity index (χ0n) is 19.3. The van der Waals surface area contributed by atoms with Crippen LogP contribution in [0.1, 0.15) is 11.1 Å². The molecule has 0 fully saturated rings. The Morgan fingerprint density at radius 1 is 0.853 bits per heavy atom. The van der Waals surface area contributed by atoms with Gasteiger partial charge in [0.05, 0.1) is 25.6 Å². The molecule has 6 nitrogen and oxygen atoms in total. The van der Waals surface area contributed by atoms with Crippen LogP contribution in [0, 0.1) is 6.92 Å². The molecule has 7 heteroatoms. The Bertz CT molecular complexity index is 1350. The van der Waals surface area contributed by atoms with Crippen molar-refractivity contribution in [3.63, 3.8) is 0 Å². The number of hydrogen-bond donors (Lipinski definition) is 0. The normalized spacial score (nSPS) is 11.1. The van der Waals surface area contributed by atoms with Gasteiger partial charge in [0.25, 0.3) is 0 Å². The number of hydrogen-bond acceptors (Lipinski definition) is 5. The number of sulfonamides is 1. The molecule has 34 heavy (non-hydrogen) atoms. The first-order valence-electron chi connectivity index (χ1n) is 10.7. The van der Waals surface area contributed by atoms with Crippen LogP contribution in [0.2, 0.25) is 0 Å². The van der Waals surface area contributed by atoms with E-state index in [1.165, 1.54) is 17.7 Å². The number of methoxy groups -OCH3 is 1. The molecule has 0 atom stereocenters. The van der Waals surface area contributed by atoms with Gasteiger partial charge < -0.3 is 9.47 Å². The van der Waals surface area contributed by atoms with E-state index in [2.05, 4.69) is 4.98 Å². The lowest BCUT2D eigenvalue weighted by molar-refractivity contribution is 0.393. The summed E-state index contributed by atoms with van der Waals surface area (Å²) in [7, 11) is -2.06. The van der Waals surface area contributed by atoms with Crippen LogP contribution < -0.4 is 13.8 Å². The van der Waals surface area contributed by atoms with E-state index < -0.39 is 10.0 Å². The molecule has 3 aromatic carbocycles. The van der Waals surface area contributed by atoms with Gasteiger partial charge in [-0.2, -0.15) is 0 Å². The molecule has 0 spiro atoms. The van der Waals surface area contributed by atoms with Crippen LogP contribution in [0.4, 0.5) is 5.69 Å². The van der Waals surface area contributed by atoms with Crippen molar-refractivity contribution in [1.82, 2.24) is 4.98 Å². The van der Waals surface area contributed by atoms with Gasteiger partial charge in [0.2, 0.25) is 15.9 Å². The predicted octanol–water partition coefficient (Wildman–Crippen LogP) is 5.82. The predicted molar refractivity (Wildman–Crippen MR) is 135 cm³/mol. The van der Waals surface area contributed by atoms with Crippen molar-refractivity contribution >= 4 is 15.7 Å². The quantitative estimate of drug-likeness (QED) is 0.322. The molecule has 1 aromatic heterocycles. The van der Waals surface area contributed by atoms with Crippen LogP contribution in [-0.2, 0) is 16.6 Å². The van der Waals surface area contributed by atoms with E-state index in [4.69, 9.17) is 9.47 Å². The Kier molecular flexibility index (Phi) is 6.84. The summed E-state index contributed by atoms with van der Waals surface area (Å²) in [5, 5.41) is 0. The minimum atomic E-state index is -3.59. The number of anilines is 1. The van der Waals surface area contributed by atoms with Gasteiger partial charge in [0, 0.05) is 17.3 Å². The molecule has 0 bridgehead atoms. The van der Waals surface area contributed by atoms with Gasteiger partial charge in [-0.25, -0.2) is 13.4 Å². The maximum Gasteiger partial charge on any atom is 0.232 e. The molecule has 0 aliphatic carbocycles. The highest BCUT2D eigenvalue weighted by atomic mass is 32.2. The van der Waals surface area contributed by atoms with Gasteiger partial charge in [-0.3, -0.25) is 4.31 Å². The van der Waals surface area contributed by atoms with E-state index >= 15 is 0 Å². The van der Waals surface area contributed by atoms with Gasteiger partial charge in [-0.15, -0.1) is 0 Å². The molecule has 0 radical (unpaired) electrons. The summed E-state index contributed by atoms with van der Waals surface area (Å²) in [6, 6.07) is 26.4. The average molecular weight is 475 g/mol. The summed E-state index contributed by atoms with van der Waals surface area (Å²) in [4.78, 5) is 4.41. The summed E-state index contributed by atoms with van der Waals surface area (Å²) < 4.78 is 38.1. The first-order valence-corrected chi connectivity index (χ1v) is 12.6. The van der Waals surface area contributed by atoms with Crippen LogP contribution in [0.15, 0.2) is 91.1 Å². The van der Waals surface area contributed by atoms with Gasteiger partial charge in [-0.05, 0) is 55.0 Å². The Hall–Kier alpha value is -3.84. The minimum Gasteiger partial charge on any atom is -0.481 e. The molecule has 0 aliphatic rings. The molecule has 0 unspecified atom stereocenters. The van der Waals surface area contributed by atoms with Crippen molar-refractivity contribution in [3.8, 4) is 28.5 Å². The third-order valence-electron chi connectivity index (χ3n) is 5.32. The highest BCUT2D eigenvalue weighted by Crippen LogP contribution is 2.30. The van der Waals surface area contributed by atoms with Crippen molar-refractivity contribution in [2.45, 2.75) is 13.5 Å². The molecule has 4 aromatic rings. The number of nitrogens with zero attached hydrogens (tertiary/aromatic N) is 2. The van der Waals surface area contributed by atoms with Crippen molar-refractivity contribution in [2.75, 3.05) is 17.7 Å². The Morgan fingerprint density at radius 2 is 1.47 bits per heavy atom. The van der Waals surface area contributed by atoms with Crippen LogP contribution in [0.3, 0.4) is 0 Å². The fraction of sp³-hybridized carbons (Fsp3) is 0.148. The monoisotopic (exact) mass is 474 g/mol. The third-order valence-corrected chi connectivity index (χ3v) is 6.46. The molecule has 4 rings (SSSR count). The Labute approximate surface area is 200 Å². The zero-order valence-corrected chi connectivity index (χ0v) is 20.1. The smallest absolute Gasteiger partial charge is 0.232 e. The number of benzene rings is 3. The van der Waals surface area contributed by atoms with E-state index in [1.807, 2.05) is 67.6 Å². The minimum absolute atomic E-state index is 0.0772. The summed E-state index contributed by atoms with van der Waals surface area (Å²) >= 11 is 0. The second-order valence-corrected chi connectivity index (χ2v) is 9.84. The van der Waals surface area contributed by atoms with Crippen LogP contribution >= 0.6 is 0 Å². The number of rotatable bonds is 8. The van der Waals surface area contributed by atoms with E-state index in [1.54, 1.807) is 30.5 Å². The van der Waals surface area contributed by atoms with E-state index in [-0.39, 0.29) is 6.54 Å². The molecular weight excluding hydrogens is 448 g/mol. The van der Waals surface area contributed by atoms with Gasteiger partial charge in [0.1, 0.15) is 11.5 Å². The molecule has 174 valence electrons. The van der Waals surface area contributed by atoms with E-state index in [0.717, 1.165) is 16.7 Å². The Morgan fingerprint density at radius 3 is 2.06 bits per heavy atom. The number of ether oxygens (including phenoxy) is 2. The number of aromatic nitrogens is 1. The highest BCUT2D eigenvalue weighted by Gasteiger charge is 2.21. The van der Waals surface area contributed by atoms with Crippen molar-refractivity contribution in [1.29, 1.82) is 0 Å². The fourth-order valence-electron chi connectivity index (χ4n) is 3.56.